The minimum Gasteiger partial charge on any atom is -0.309 e. The molecule has 2 aromatic heterocycles. The Morgan fingerprint density at radius 2 is 0.923 bits per heavy atom. The number of rotatable bonds is 7. The number of aromatic nitrogens is 1. The van der Waals surface area contributed by atoms with E-state index in [0.717, 1.165) is 28.3 Å². The third kappa shape index (κ3) is 6.24. The van der Waals surface area contributed by atoms with Crippen molar-refractivity contribution in [3.8, 4) is 39.1 Å². The van der Waals surface area contributed by atoms with Crippen LogP contribution in [0.1, 0.15) is 0 Å². The molecule has 0 bridgehead atoms. The summed E-state index contributed by atoms with van der Waals surface area (Å²) < 4.78 is 5.02. The maximum absolute atomic E-state index is 2.47. The van der Waals surface area contributed by atoms with Crippen molar-refractivity contribution in [2.24, 2.45) is 0 Å². The van der Waals surface area contributed by atoms with E-state index in [4.69, 9.17) is 0 Å². The molecular weight excluding hydrogens is 805 g/mol. The average Bonchev–Trinajstić information content (AvgIpc) is 3.93. The van der Waals surface area contributed by atoms with Crippen molar-refractivity contribution in [3.05, 3.63) is 243 Å². The third-order valence-corrected chi connectivity index (χ3v) is 14.3. The summed E-state index contributed by atoms with van der Waals surface area (Å²) in [4.78, 5) is 2.47. The number of fused-ring (bicyclic) bond motifs is 9. The van der Waals surface area contributed by atoms with Gasteiger partial charge in [-0.3, -0.25) is 0 Å². The van der Waals surface area contributed by atoms with E-state index in [9.17, 15) is 0 Å². The van der Waals surface area contributed by atoms with Gasteiger partial charge >= 0.3 is 0 Å². The second kappa shape index (κ2) is 15.2. The lowest BCUT2D eigenvalue weighted by Crippen LogP contribution is -2.10. The first kappa shape index (κ1) is 37.3. The molecule has 0 atom stereocenters. The minimum atomic E-state index is 1.11. The molecule has 13 aromatic rings. The van der Waals surface area contributed by atoms with Crippen molar-refractivity contribution in [1.82, 2.24) is 4.57 Å². The highest BCUT2D eigenvalue weighted by molar-refractivity contribution is 7.26. The van der Waals surface area contributed by atoms with Gasteiger partial charge in [-0.25, -0.2) is 0 Å². The van der Waals surface area contributed by atoms with Gasteiger partial charge in [-0.1, -0.05) is 176 Å². The zero-order valence-corrected chi connectivity index (χ0v) is 36.2. The molecule has 0 amide bonds. The molecule has 0 spiro atoms. The van der Waals surface area contributed by atoms with Gasteiger partial charge in [-0.05, 0) is 122 Å². The Balaban J connectivity index is 1.03. The molecule has 65 heavy (non-hydrogen) atoms. The van der Waals surface area contributed by atoms with Gasteiger partial charge in [0.2, 0.25) is 0 Å². The maximum Gasteiger partial charge on any atom is 0.0640 e. The highest BCUT2D eigenvalue weighted by atomic mass is 32.1. The quantitative estimate of drug-likeness (QED) is 0.155. The van der Waals surface area contributed by atoms with Crippen molar-refractivity contribution >= 4 is 91.9 Å². The average molecular weight is 845 g/mol. The van der Waals surface area contributed by atoms with E-state index in [1.54, 1.807) is 0 Å². The Morgan fingerprint density at radius 3 is 1.68 bits per heavy atom. The van der Waals surface area contributed by atoms with Gasteiger partial charge in [-0.2, -0.15) is 0 Å². The second-order valence-electron chi connectivity index (χ2n) is 16.9. The summed E-state index contributed by atoms with van der Waals surface area (Å²) in [6, 6.07) is 89.0. The standard InChI is InChI=1S/C62H40N2S/c1-3-15-41(16-4-1)46-37-47(42-17-5-2-6-18-42)39-50(38-46)64-57-27-12-11-24-54(57)56-40-49(34-35-58(56)64)63(48-32-29-45(30-33-48)52-25-13-21-43-19-7-9-22-51(43)52)59-28-14-26-55-61-53-23-10-8-20-44(53)31-36-60(61)65-62(55)59/h1-40H. The Bertz CT molecular complexity index is 3870. The molecule has 0 saturated carbocycles. The van der Waals surface area contributed by atoms with Crippen LogP contribution in [0, 0.1) is 0 Å². The number of nitrogens with zero attached hydrogens (tertiary/aromatic N) is 2. The van der Waals surface area contributed by atoms with Crippen molar-refractivity contribution in [2.75, 3.05) is 4.90 Å². The van der Waals surface area contributed by atoms with Gasteiger partial charge in [0.1, 0.15) is 0 Å². The molecule has 0 N–H and O–H groups in total. The van der Waals surface area contributed by atoms with Crippen LogP contribution in [0.5, 0.6) is 0 Å². The monoisotopic (exact) mass is 844 g/mol. The molecule has 304 valence electrons. The zero-order chi connectivity index (χ0) is 42.8. The predicted octanol–water partition coefficient (Wildman–Crippen LogP) is 17.9. The van der Waals surface area contributed by atoms with E-state index in [1.807, 2.05) is 11.3 Å². The Morgan fingerprint density at radius 1 is 0.338 bits per heavy atom. The molecule has 13 rings (SSSR count). The largest absolute Gasteiger partial charge is 0.309 e. The lowest BCUT2D eigenvalue weighted by molar-refractivity contribution is 1.18. The smallest absolute Gasteiger partial charge is 0.0640 e. The van der Waals surface area contributed by atoms with Gasteiger partial charge < -0.3 is 9.47 Å². The summed E-state index contributed by atoms with van der Waals surface area (Å²) in [7, 11) is 0. The molecule has 0 aliphatic heterocycles. The molecule has 0 aliphatic rings. The molecule has 0 aliphatic carbocycles. The first-order valence-corrected chi connectivity index (χ1v) is 23.1. The summed E-state index contributed by atoms with van der Waals surface area (Å²) in [6.07, 6.45) is 0. The Labute approximate surface area is 381 Å². The van der Waals surface area contributed by atoms with Crippen molar-refractivity contribution in [1.29, 1.82) is 0 Å². The van der Waals surface area contributed by atoms with Crippen molar-refractivity contribution in [2.45, 2.75) is 0 Å². The van der Waals surface area contributed by atoms with Crippen LogP contribution >= 0.6 is 11.3 Å². The van der Waals surface area contributed by atoms with Crippen LogP contribution in [0.3, 0.4) is 0 Å². The predicted molar refractivity (Wildman–Crippen MR) is 280 cm³/mol. The van der Waals surface area contributed by atoms with Crippen LogP contribution in [-0.2, 0) is 0 Å². The molecule has 0 radical (unpaired) electrons. The van der Waals surface area contributed by atoms with Crippen molar-refractivity contribution < 1.29 is 0 Å². The van der Waals surface area contributed by atoms with E-state index in [0.29, 0.717) is 0 Å². The number of hydrogen-bond donors (Lipinski definition) is 0. The topological polar surface area (TPSA) is 8.17 Å². The molecule has 3 heteroatoms. The van der Waals surface area contributed by atoms with E-state index in [1.165, 1.54) is 91.4 Å². The van der Waals surface area contributed by atoms with Crippen LogP contribution in [0.4, 0.5) is 17.1 Å². The summed E-state index contributed by atoms with van der Waals surface area (Å²) in [5, 5.41) is 10.1. The zero-order valence-electron chi connectivity index (χ0n) is 35.4. The highest BCUT2D eigenvalue weighted by Crippen LogP contribution is 2.48. The Hall–Kier alpha value is -8.24. The SMILES string of the molecule is c1ccc(-c2cc(-c3ccccc3)cc(-n3c4ccccc4c4cc(N(c5ccc(-c6cccc7ccccc67)cc5)c5cccc6c5sc5ccc7ccccc7c56)ccc43)c2)cc1. The van der Waals surface area contributed by atoms with Crippen LogP contribution in [-0.4, -0.2) is 4.57 Å². The molecule has 0 fully saturated rings. The van der Waals surface area contributed by atoms with Gasteiger partial charge in [0, 0.05) is 43.3 Å². The lowest BCUT2D eigenvalue weighted by Gasteiger charge is -2.26. The Kier molecular flexibility index (Phi) is 8.75. The van der Waals surface area contributed by atoms with Crippen LogP contribution in [0.15, 0.2) is 243 Å². The summed E-state index contributed by atoms with van der Waals surface area (Å²) in [6.45, 7) is 0. The van der Waals surface area contributed by atoms with Gasteiger partial charge in [-0.15, -0.1) is 11.3 Å². The van der Waals surface area contributed by atoms with E-state index < -0.39 is 0 Å². The molecular formula is C62H40N2S. The molecule has 2 nitrogen and oxygen atoms in total. The van der Waals surface area contributed by atoms with Crippen LogP contribution in [0.2, 0.25) is 0 Å². The van der Waals surface area contributed by atoms with Gasteiger partial charge in [0.15, 0.2) is 0 Å². The van der Waals surface area contributed by atoms with Crippen molar-refractivity contribution in [3.63, 3.8) is 0 Å². The summed E-state index contributed by atoms with van der Waals surface area (Å²) in [5.41, 5.74) is 14.0. The molecule has 0 saturated heterocycles. The minimum absolute atomic E-state index is 1.11. The lowest BCUT2D eigenvalue weighted by atomic mass is 9.98. The van der Waals surface area contributed by atoms with Gasteiger partial charge in [0.25, 0.3) is 0 Å². The van der Waals surface area contributed by atoms with Crippen LogP contribution in [0.25, 0.3) is 103 Å². The molecule has 11 aromatic carbocycles. The third-order valence-electron chi connectivity index (χ3n) is 13.1. The summed E-state index contributed by atoms with van der Waals surface area (Å²) in [5.74, 6) is 0. The fourth-order valence-corrected chi connectivity index (χ4v) is 11.4. The maximum atomic E-state index is 2.47. The molecule has 2 heterocycles. The fraction of sp³-hybridized carbons (Fsp3) is 0. The number of thiophene rings is 1. The number of benzene rings is 11. The highest BCUT2D eigenvalue weighted by Gasteiger charge is 2.22. The van der Waals surface area contributed by atoms with E-state index in [-0.39, 0.29) is 0 Å². The fourth-order valence-electron chi connectivity index (χ4n) is 10.1. The first-order chi connectivity index (χ1) is 32.2. The van der Waals surface area contributed by atoms with E-state index in [2.05, 4.69) is 252 Å². The normalized spacial score (nSPS) is 11.7. The number of hydrogen-bond acceptors (Lipinski definition) is 2. The summed E-state index contributed by atoms with van der Waals surface area (Å²) >= 11 is 1.88. The first-order valence-electron chi connectivity index (χ1n) is 22.2. The molecule has 0 unspecified atom stereocenters. The van der Waals surface area contributed by atoms with Crippen LogP contribution < -0.4 is 4.90 Å². The number of anilines is 3. The van der Waals surface area contributed by atoms with E-state index >= 15 is 0 Å². The number of para-hydroxylation sites is 1. The van der Waals surface area contributed by atoms with Gasteiger partial charge in [0.05, 0.1) is 21.4 Å². The second-order valence-corrected chi connectivity index (χ2v) is 17.9.